The van der Waals surface area contributed by atoms with Gasteiger partial charge in [0.2, 0.25) is 5.96 Å². The van der Waals surface area contributed by atoms with E-state index in [0.29, 0.717) is 16.3 Å². The molecule has 2 aliphatic rings. The van der Waals surface area contributed by atoms with E-state index in [9.17, 15) is 19.7 Å². The van der Waals surface area contributed by atoms with Gasteiger partial charge in [0, 0.05) is 43.4 Å². The molecule has 0 aliphatic carbocycles. The minimum absolute atomic E-state index is 0.0506. The largest absolute Gasteiger partial charge is 0.328 e. The lowest BCUT2D eigenvalue weighted by Gasteiger charge is -2.39. The molecule has 0 saturated carbocycles. The van der Waals surface area contributed by atoms with Crippen molar-refractivity contribution in [3.63, 3.8) is 0 Å². The molecule has 0 aromatic heterocycles. The average Bonchev–Trinajstić information content (AvgIpc) is 3.19. The standard InChI is InChI=1S/C22H22ClN7O4/c1-13(14-8-6-9-16(11-14)30(33)34)25-26-21-24-19-18(20(31)28(3)22(32)27(19)2)29(21)12-15-7-4-5-10-17(15)23/h4-11,18-19H,12H2,1-3H3,(H,24,26)/b25-13+. The number of hydrogen-bond donors (Lipinski definition) is 1. The first-order chi connectivity index (χ1) is 16.2. The number of nitrogens with one attached hydrogen (secondary N) is 1. The van der Waals surface area contributed by atoms with Gasteiger partial charge in [-0.2, -0.15) is 5.10 Å². The maximum absolute atomic E-state index is 13.1. The lowest BCUT2D eigenvalue weighted by Crippen LogP contribution is -2.64. The highest BCUT2D eigenvalue weighted by atomic mass is 35.5. The number of hydrazone groups is 1. The predicted octanol–water partition coefficient (Wildman–Crippen LogP) is 2.65. The van der Waals surface area contributed by atoms with Crippen molar-refractivity contribution in [1.29, 1.82) is 0 Å². The molecular weight excluding hydrogens is 462 g/mol. The zero-order valence-corrected chi connectivity index (χ0v) is 19.4. The number of carbonyl (C=O) groups is 2. The Hall–Kier alpha value is -3.99. The highest BCUT2D eigenvalue weighted by Gasteiger charge is 2.51. The lowest BCUT2D eigenvalue weighted by atomic mass is 10.1. The lowest BCUT2D eigenvalue weighted by molar-refractivity contribution is -0.384. The van der Waals surface area contributed by atoms with Gasteiger partial charge in [-0.3, -0.25) is 19.8 Å². The van der Waals surface area contributed by atoms with Crippen molar-refractivity contribution >= 4 is 40.9 Å². The fraction of sp³-hybridized carbons (Fsp3) is 0.273. The van der Waals surface area contributed by atoms with E-state index in [1.807, 2.05) is 18.2 Å². The number of aliphatic imine (C=N–C) groups is 1. The van der Waals surface area contributed by atoms with Crippen LogP contribution in [0.1, 0.15) is 18.1 Å². The second-order valence-corrected chi connectivity index (χ2v) is 8.34. The number of urea groups is 1. The van der Waals surface area contributed by atoms with E-state index in [2.05, 4.69) is 15.5 Å². The second kappa shape index (κ2) is 9.10. The highest BCUT2D eigenvalue weighted by Crippen LogP contribution is 2.29. The van der Waals surface area contributed by atoms with Crippen molar-refractivity contribution in [1.82, 2.24) is 20.1 Å². The summed E-state index contributed by atoms with van der Waals surface area (Å²) < 4.78 is 0. The summed E-state index contributed by atoms with van der Waals surface area (Å²) in [5, 5.41) is 16.0. The third-order valence-electron chi connectivity index (χ3n) is 5.81. The Morgan fingerprint density at radius 1 is 1.21 bits per heavy atom. The van der Waals surface area contributed by atoms with Crippen LogP contribution in [-0.4, -0.2) is 69.5 Å². The number of benzene rings is 2. The van der Waals surface area contributed by atoms with Gasteiger partial charge < -0.3 is 9.80 Å². The van der Waals surface area contributed by atoms with Gasteiger partial charge >= 0.3 is 6.03 Å². The van der Waals surface area contributed by atoms with Gasteiger partial charge in [-0.1, -0.05) is 41.9 Å². The van der Waals surface area contributed by atoms with Crippen LogP contribution in [0.15, 0.2) is 58.6 Å². The van der Waals surface area contributed by atoms with Crippen molar-refractivity contribution < 1.29 is 14.5 Å². The molecule has 34 heavy (non-hydrogen) atoms. The molecule has 3 amide bonds. The van der Waals surface area contributed by atoms with Crippen molar-refractivity contribution in [3.05, 3.63) is 74.8 Å². The van der Waals surface area contributed by atoms with Crippen LogP contribution >= 0.6 is 11.6 Å². The first-order valence-corrected chi connectivity index (χ1v) is 10.7. The molecule has 12 heteroatoms. The van der Waals surface area contributed by atoms with Gasteiger partial charge in [0.05, 0.1) is 10.6 Å². The Bertz CT molecular complexity index is 1230. The molecule has 11 nitrogen and oxygen atoms in total. The van der Waals surface area contributed by atoms with Crippen LogP contribution in [-0.2, 0) is 11.3 Å². The SMILES string of the molecule is C/C(=N\NC1=NC2C(C(=O)N(C)C(=O)N2C)N1Cc1ccccc1Cl)c1cccc([N+](=O)[O-])c1. The van der Waals surface area contributed by atoms with Crippen LogP contribution in [0.2, 0.25) is 5.02 Å². The monoisotopic (exact) mass is 483 g/mol. The number of carbonyl (C=O) groups excluding carboxylic acids is 2. The smallest absolute Gasteiger partial charge is 0.321 e. The highest BCUT2D eigenvalue weighted by molar-refractivity contribution is 6.31. The van der Waals surface area contributed by atoms with Gasteiger partial charge in [0.1, 0.15) is 0 Å². The molecule has 1 saturated heterocycles. The van der Waals surface area contributed by atoms with Gasteiger partial charge in [-0.25, -0.2) is 15.2 Å². The molecular formula is C22H22ClN7O4. The summed E-state index contributed by atoms with van der Waals surface area (Å²) in [6, 6.07) is 12.1. The van der Waals surface area contributed by atoms with Crippen LogP contribution in [0.3, 0.4) is 0 Å². The zero-order chi connectivity index (χ0) is 24.6. The number of rotatable bonds is 5. The minimum atomic E-state index is -0.764. The number of imide groups is 1. The van der Waals surface area contributed by atoms with Gasteiger partial charge in [-0.15, -0.1) is 0 Å². The van der Waals surface area contributed by atoms with E-state index in [1.165, 1.54) is 24.1 Å². The normalized spacial score (nSPS) is 20.4. The van der Waals surface area contributed by atoms with E-state index in [-0.39, 0.29) is 24.1 Å². The van der Waals surface area contributed by atoms with Crippen molar-refractivity contribution in [2.75, 3.05) is 14.1 Å². The Balaban J connectivity index is 1.67. The van der Waals surface area contributed by atoms with Crippen LogP contribution in [0.5, 0.6) is 0 Å². The summed E-state index contributed by atoms with van der Waals surface area (Å²) in [4.78, 5) is 44.9. The van der Waals surface area contributed by atoms with Gasteiger partial charge in [0.25, 0.3) is 11.6 Å². The molecule has 0 radical (unpaired) electrons. The molecule has 2 unspecified atom stereocenters. The van der Waals surface area contributed by atoms with Crippen molar-refractivity contribution in [2.45, 2.75) is 25.7 Å². The van der Waals surface area contributed by atoms with E-state index in [0.717, 1.165) is 10.5 Å². The second-order valence-electron chi connectivity index (χ2n) is 7.94. The predicted molar refractivity (Wildman–Crippen MR) is 126 cm³/mol. The number of amides is 3. The van der Waals surface area contributed by atoms with E-state index < -0.39 is 23.2 Å². The first-order valence-electron chi connectivity index (χ1n) is 10.4. The van der Waals surface area contributed by atoms with Crippen molar-refractivity contribution in [3.8, 4) is 0 Å². The Labute approximate surface area is 200 Å². The number of nitro groups is 1. The number of nitrogens with zero attached hydrogens (tertiary/aromatic N) is 6. The van der Waals surface area contributed by atoms with Crippen LogP contribution in [0.4, 0.5) is 10.5 Å². The Morgan fingerprint density at radius 3 is 2.65 bits per heavy atom. The molecule has 0 spiro atoms. The summed E-state index contributed by atoms with van der Waals surface area (Å²) in [5.74, 6) is -0.108. The van der Waals surface area contributed by atoms with E-state index in [4.69, 9.17) is 11.6 Å². The van der Waals surface area contributed by atoms with Gasteiger partial charge in [0.15, 0.2) is 12.2 Å². The number of halogens is 1. The molecule has 1 fully saturated rings. The van der Waals surface area contributed by atoms with Crippen LogP contribution in [0.25, 0.3) is 0 Å². The fourth-order valence-electron chi connectivity index (χ4n) is 3.88. The first kappa shape index (κ1) is 23.2. The number of guanidine groups is 1. The minimum Gasteiger partial charge on any atom is -0.321 e. The maximum Gasteiger partial charge on any atom is 0.328 e. The number of non-ortho nitro benzene ring substituents is 1. The Morgan fingerprint density at radius 2 is 1.94 bits per heavy atom. The average molecular weight is 484 g/mol. The molecule has 0 bridgehead atoms. The summed E-state index contributed by atoms with van der Waals surface area (Å²) in [5.41, 5.74) is 4.64. The molecule has 4 rings (SSSR count). The van der Waals surface area contributed by atoms with Crippen molar-refractivity contribution in [2.24, 2.45) is 10.1 Å². The van der Waals surface area contributed by atoms with E-state index in [1.54, 1.807) is 37.1 Å². The third kappa shape index (κ3) is 4.17. The molecule has 2 atom stereocenters. The van der Waals surface area contributed by atoms with Crippen LogP contribution < -0.4 is 5.43 Å². The molecule has 2 heterocycles. The number of fused-ring (bicyclic) bond motifs is 1. The number of likely N-dealkylation sites (N-methyl/N-ethyl adjacent to an activating group) is 2. The molecule has 2 aromatic carbocycles. The Kier molecular flexibility index (Phi) is 6.20. The summed E-state index contributed by atoms with van der Waals surface area (Å²) in [6.45, 7) is 1.95. The number of hydrogen-bond acceptors (Lipinski definition) is 8. The fourth-order valence-corrected chi connectivity index (χ4v) is 4.08. The van der Waals surface area contributed by atoms with Crippen LogP contribution in [0, 0.1) is 10.1 Å². The molecule has 1 N–H and O–H groups in total. The summed E-state index contributed by atoms with van der Waals surface area (Å²) in [6.07, 6.45) is -0.741. The zero-order valence-electron chi connectivity index (χ0n) is 18.7. The van der Waals surface area contributed by atoms with Gasteiger partial charge in [-0.05, 0) is 18.6 Å². The molecule has 2 aliphatic heterocycles. The molecule has 176 valence electrons. The summed E-state index contributed by atoms with van der Waals surface area (Å²) >= 11 is 6.36. The summed E-state index contributed by atoms with van der Waals surface area (Å²) in [7, 11) is 3.02. The maximum atomic E-state index is 13.1. The topological polar surface area (TPSA) is 124 Å². The third-order valence-corrected chi connectivity index (χ3v) is 6.18. The van der Waals surface area contributed by atoms with E-state index >= 15 is 0 Å². The number of nitro benzene ring substituents is 1. The molecule has 2 aromatic rings. The quantitative estimate of drug-likeness (QED) is 0.396.